The molecule has 0 aliphatic rings. The third-order valence-corrected chi connectivity index (χ3v) is 2.54. The van der Waals surface area contributed by atoms with Crippen molar-refractivity contribution in [1.29, 1.82) is 0 Å². The topological polar surface area (TPSA) is 77.2 Å². The number of benzene rings is 1. The summed E-state index contributed by atoms with van der Waals surface area (Å²) in [5, 5.41) is 3.80. The Bertz CT molecular complexity index is 486. The summed E-state index contributed by atoms with van der Waals surface area (Å²) in [7, 11) is -4.03. The lowest BCUT2D eigenvalue weighted by Gasteiger charge is -2.00. The van der Waals surface area contributed by atoms with E-state index in [2.05, 4.69) is 0 Å². The summed E-state index contributed by atoms with van der Waals surface area (Å²) in [6, 6.07) is 2.44. The van der Waals surface area contributed by atoms with Crippen LogP contribution in [0, 0.1) is 5.82 Å². The molecular weight excluding hydrogens is 233 g/mol. The van der Waals surface area contributed by atoms with Gasteiger partial charge in [-0.25, -0.2) is 17.9 Å². The van der Waals surface area contributed by atoms with Crippen molar-refractivity contribution in [3.63, 3.8) is 0 Å². The first-order chi connectivity index (χ1) is 6.30. The Morgan fingerprint density at radius 1 is 1.36 bits per heavy atom. The molecule has 1 rings (SSSR count). The van der Waals surface area contributed by atoms with E-state index in [0.29, 0.717) is 6.07 Å². The molecule has 76 valence electrons. The normalized spacial score (nSPS) is 11.4. The molecule has 0 bridgehead atoms. The number of rotatable bonds is 2. The van der Waals surface area contributed by atoms with Crippen molar-refractivity contribution >= 4 is 26.9 Å². The summed E-state index contributed by atoms with van der Waals surface area (Å²) in [6.45, 7) is 0. The molecule has 0 unspecified atom stereocenters. The van der Waals surface area contributed by atoms with E-state index in [1.807, 2.05) is 0 Å². The van der Waals surface area contributed by atoms with Crippen molar-refractivity contribution < 1.29 is 17.6 Å². The van der Waals surface area contributed by atoms with Gasteiger partial charge in [0.2, 0.25) is 10.0 Å². The third-order valence-electron chi connectivity index (χ3n) is 1.43. The molecule has 0 aromatic heterocycles. The molecule has 4 nitrogen and oxygen atoms in total. The highest BCUT2D eigenvalue weighted by Gasteiger charge is 2.13. The van der Waals surface area contributed by atoms with Gasteiger partial charge in [-0.05, 0) is 29.8 Å². The highest BCUT2D eigenvalue weighted by molar-refractivity contribution is 7.89. The Balaban J connectivity index is 3.43. The van der Waals surface area contributed by atoms with E-state index in [-0.39, 0.29) is 5.56 Å². The van der Waals surface area contributed by atoms with Gasteiger partial charge in [-0.3, -0.25) is 4.79 Å². The van der Waals surface area contributed by atoms with Crippen LogP contribution in [0.2, 0.25) is 0 Å². The van der Waals surface area contributed by atoms with Crippen LogP contribution in [-0.4, -0.2) is 13.7 Å². The number of carbonyl (C=O) groups is 1. The van der Waals surface area contributed by atoms with Crippen LogP contribution in [0.25, 0.3) is 0 Å². The van der Waals surface area contributed by atoms with Crippen LogP contribution in [0.15, 0.2) is 23.1 Å². The fraction of sp³-hybridized carbons (Fsp3) is 0. The summed E-state index contributed by atoms with van der Waals surface area (Å²) >= 11 is 5.06. The number of carbonyl (C=O) groups excluding carboxylic acids is 1. The Morgan fingerprint density at radius 3 is 2.36 bits per heavy atom. The number of sulfonamides is 1. The first kappa shape index (κ1) is 11.1. The van der Waals surface area contributed by atoms with Gasteiger partial charge in [-0.1, -0.05) is 0 Å². The van der Waals surface area contributed by atoms with Crippen molar-refractivity contribution in [2.75, 3.05) is 0 Å². The fourth-order valence-corrected chi connectivity index (χ4v) is 1.52. The average molecular weight is 238 g/mol. The van der Waals surface area contributed by atoms with Crippen LogP contribution in [-0.2, 0) is 10.0 Å². The molecule has 0 amide bonds. The van der Waals surface area contributed by atoms with E-state index in [1.165, 1.54) is 0 Å². The minimum Gasteiger partial charge on any atom is -0.276 e. The monoisotopic (exact) mass is 237 g/mol. The molecule has 0 spiro atoms. The molecule has 1 aromatic rings. The summed E-state index contributed by atoms with van der Waals surface area (Å²) in [5.74, 6) is -0.888. The van der Waals surface area contributed by atoms with E-state index in [1.54, 1.807) is 0 Å². The van der Waals surface area contributed by atoms with Crippen molar-refractivity contribution in [3.05, 3.63) is 29.6 Å². The lowest BCUT2D eigenvalue weighted by molar-refractivity contribution is 0.108. The van der Waals surface area contributed by atoms with Crippen LogP contribution in [0.4, 0.5) is 4.39 Å². The van der Waals surface area contributed by atoms with Crippen LogP contribution >= 0.6 is 11.6 Å². The molecule has 7 heteroatoms. The zero-order valence-corrected chi connectivity index (χ0v) is 8.27. The first-order valence-electron chi connectivity index (χ1n) is 3.34. The average Bonchev–Trinajstić information content (AvgIpc) is 2.01. The molecule has 0 atom stereocenters. The molecule has 0 saturated carbocycles. The number of halogens is 2. The van der Waals surface area contributed by atoms with Crippen molar-refractivity contribution in [3.8, 4) is 0 Å². The molecular formula is C7H5ClFNO3S. The quantitative estimate of drug-likeness (QED) is 0.775. The van der Waals surface area contributed by atoms with Crippen LogP contribution in [0.3, 0.4) is 0 Å². The lowest BCUT2D eigenvalue weighted by Crippen LogP contribution is -2.13. The van der Waals surface area contributed by atoms with Gasteiger partial charge in [-0.2, -0.15) is 0 Å². The summed E-state index contributed by atoms with van der Waals surface area (Å²) < 4.78 is 34.4. The zero-order chi connectivity index (χ0) is 10.9. The molecule has 0 heterocycles. The fourth-order valence-electron chi connectivity index (χ4n) is 0.840. The Morgan fingerprint density at radius 2 is 1.93 bits per heavy atom. The van der Waals surface area contributed by atoms with Crippen LogP contribution in [0.5, 0.6) is 0 Å². The van der Waals surface area contributed by atoms with Crippen molar-refractivity contribution in [2.45, 2.75) is 4.90 Å². The lowest BCUT2D eigenvalue weighted by atomic mass is 10.2. The maximum atomic E-state index is 12.8. The zero-order valence-electron chi connectivity index (χ0n) is 6.70. The maximum absolute atomic E-state index is 12.8. The molecule has 14 heavy (non-hydrogen) atoms. The Kier molecular flexibility index (Phi) is 2.89. The van der Waals surface area contributed by atoms with Gasteiger partial charge in [0.25, 0.3) is 5.24 Å². The molecule has 0 aliphatic heterocycles. The van der Waals surface area contributed by atoms with E-state index in [4.69, 9.17) is 16.7 Å². The van der Waals surface area contributed by atoms with Gasteiger partial charge in [0.1, 0.15) is 5.82 Å². The predicted molar refractivity (Wildman–Crippen MR) is 48.0 cm³/mol. The number of nitrogens with two attached hydrogens (primary N) is 1. The van der Waals surface area contributed by atoms with Crippen LogP contribution < -0.4 is 5.14 Å². The molecule has 1 aromatic carbocycles. The number of hydrogen-bond donors (Lipinski definition) is 1. The molecule has 2 N–H and O–H groups in total. The minimum atomic E-state index is -4.03. The summed E-state index contributed by atoms with van der Waals surface area (Å²) in [6.07, 6.45) is 0. The highest BCUT2D eigenvalue weighted by Crippen LogP contribution is 2.14. The van der Waals surface area contributed by atoms with E-state index in [0.717, 1.165) is 12.1 Å². The van der Waals surface area contributed by atoms with Gasteiger partial charge in [-0.15, -0.1) is 0 Å². The molecule has 0 aliphatic carbocycles. The smallest absolute Gasteiger partial charge is 0.252 e. The Labute approximate surface area is 84.5 Å². The van der Waals surface area contributed by atoms with Gasteiger partial charge >= 0.3 is 0 Å². The number of primary sulfonamides is 1. The van der Waals surface area contributed by atoms with Gasteiger partial charge in [0, 0.05) is 5.56 Å². The van der Waals surface area contributed by atoms with Crippen LogP contribution in [0.1, 0.15) is 10.4 Å². The summed E-state index contributed by atoms with van der Waals surface area (Å²) in [4.78, 5) is 10.2. The standard InChI is InChI=1S/C7H5ClFNO3S/c8-7(11)4-1-5(9)3-6(2-4)14(10,12)13/h1-3H,(H2,10,12,13). The van der Waals surface area contributed by atoms with Crippen molar-refractivity contribution in [1.82, 2.24) is 0 Å². The molecule has 0 radical (unpaired) electrons. The van der Waals surface area contributed by atoms with Gasteiger partial charge in [0.15, 0.2) is 0 Å². The van der Waals surface area contributed by atoms with Gasteiger partial charge < -0.3 is 0 Å². The summed E-state index contributed by atoms with van der Waals surface area (Å²) in [5.41, 5.74) is -0.254. The SMILES string of the molecule is NS(=O)(=O)c1cc(F)cc(C(=O)Cl)c1. The predicted octanol–water partition coefficient (Wildman–Crippen LogP) is 0.852. The van der Waals surface area contributed by atoms with E-state index < -0.39 is 26.0 Å². The largest absolute Gasteiger partial charge is 0.276 e. The van der Waals surface area contributed by atoms with E-state index in [9.17, 15) is 17.6 Å². The second-order valence-corrected chi connectivity index (χ2v) is 4.40. The third kappa shape index (κ3) is 2.50. The minimum absolute atomic E-state index is 0.254. The number of hydrogen-bond acceptors (Lipinski definition) is 3. The molecule has 0 saturated heterocycles. The van der Waals surface area contributed by atoms with E-state index >= 15 is 0 Å². The Hall–Kier alpha value is -0.980. The maximum Gasteiger partial charge on any atom is 0.252 e. The first-order valence-corrected chi connectivity index (χ1v) is 5.26. The molecule has 0 fully saturated rings. The second kappa shape index (κ2) is 3.64. The van der Waals surface area contributed by atoms with Gasteiger partial charge in [0.05, 0.1) is 4.90 Å². The van der Waals surface area contributed by atoms with Crippen molar-refractivity contribution in [2.24, 2.45) is 5.14 Å². The second-order valence-electron chi connectivity index (χ2n) is 2.49. The highest BCUT2D eigenvalue weighted by atomic mass is 35.5.